The Morgan fingerprint density at radius 3 is 2.52 bits per heavy atom. The highest BCUT2D eigenvalue weighted by molar-refractivity contribution is 5.91. The number of anilines is 4. The lowest BCUT2D eigenvalue weighted by molar-refractivity contribution is 0.879. The number of nitrogen functional groups attached to an aromatic ring is 1. The van der Waals surface area contributed by atoms with E-state index in [0.717, 1.165) is 34.9 Å². The number of benzene rings is 3. The van der Waals surface area contributed by atoms with Crippen molar-refractivity contribution in [1.29, 1.82) is 0 Å². The summed E-state index contributed by atoms with van der Waals surface area (Å²) in [7, 11) is 0. The van der Waals surface area contributed by atoms with E-state index in [0.29, 0.717) is 0 Å². The minimum Gasteiger partial charge on any atom is -0.397 e. The van der Waals surface area contributed by atoms with Crippen LogP contribution in [0.2, 0.25) is 0 Å². The molecule has 2 aliphatic carbocycles. The highest BCUT2D eigenvalue weighted by Crippen LogP contribution is 2.48. The Labute approximate surface area is 172 Å². The highest BCUT2D eigenvalue weighted by atomic mass is 15.2. The van der Waals surface area contributed by atoms with E-state index in [1.165, 1.54) is 36.0 Å². The quantitative estimate of drug-likeness (QED) is 0.397. The fraction of sp³-hybridized carbons (Fsp3) is 0.192. The van der Waals surface area contributed by atoms with Crippen LogP contribution in [-0.4, -0.2) is 6.72 Å². The normalized spacial score (nSPS) is 14.7. The van der Waals surface area contributed by atoms with Gasteiger partial charge in [-0.1, -0.05) is 29.8 Å². The van der Waals surface area contributed by atoms with Crippen LogP contribution in [0, 0.1) is 6.92 Å². The molecule has 0 saturated carbocycles. The smallest absolute Gasteiger partial charge is 0.0862 e. The van der Waals surface area contributed by atoms with Crippen LogP contribution in [0.5, 0.6) is 0 Å². The number of fused-ring (bicyclic) bond motifs is 2. The molecule has 144 valence electrons. The fourth-order valence-electron chi connectivity index (χ4n) is 4.86. The van der Waals surface area contributed by atoms with Crippen LogP contribution in [0.25, 0.3) is 5.57 Å². The first-order valence-electron chi connectivity index (χ1n) is 10.2. The molecule has 0 amide bonds. The summed E-state index contributed by atoms with van der Waals surface area (Å²) in [6, 6.07) is 20.7. The predicted octanol–water partition coefficient (Wildman–Crippen LogP) is 6.87. The summed E-state index contributed by atoms with van der Waals surface area (Å²) >= 11 is 0. The Bertz CT molecular complexity index is 1160. The lowest BCUT2D eigenvalue weighted by Gasteiger charge is -2.29. The second kappa shape index (κ2) is 6.93. The molecule has 3 aromatic carbocycles. The second-order valence-electron chi connectivity index (χ2n) is 7.94. The van der Waals surface area contributed by atoms with Gasteiger partial charge in [0.25, 0.3) is 0 Å². The van der Waals surface area contributed by atoms with E-state index >= 15 is 0 Å². The van der Waals surface area contributed by atoms with Crippen molar-refractivity contribution in [3.8, 4) is 0 Å². The monoisotopic (exact) mass is 379 g/mol. The maximum absolute atomic E-state index is 6.43. The molecular formula is C26H25N3. The van der Waals surface area contributed by atoms with Crippen molar-refractivity contribution in [2.75, 3.05) is 10.6 Å². The molecule has 0 bridgehead atoms. The first-order chi connectivity index (χ1) is 14.2. The van der Waals surface area contributed by atoms with E-state index < -0.39 is 0 Å². The first-order valence-corrected chi connectivity index (χ1v) is 10.2. The predicted molar refractivity (Wildman–Crippen MR) is 124 cm³/mol. The summed E-state index contributed by atoms with van der Waals surface area (Å²) in [5, 5.41) is 0. The second-order valence-corrected chi connectivity index (χ2v) is 7.94. The minimum atomic E-state index is 0.741. The molecule has 2 aliphatic rings. The van der Waals surface area contributed by atoms with Gasteiger partial charge in [0, 0.05) is 5.69 Å². The maximum atomic E-state index is 6.43. The number of nitrogens with two attached hydrogens (primary N) is 1. The van der Waals surface area contributed by atoms with Crippen LogP contribution in [0.3, 0.4) is 0 Å². The zero-order chi connectivity index (χ0) is 20.0. The van der Waals surface area contributed by atoms with Crippen molar-refractivity contribution in [1.82, 2.24) is 0 Å². The number of aliphatic imine (C=N–C) groups is 1. The zero-order valence-corrected chi connectivity index (χ0v) is 16.8. The summed E-state index contributed by atoms with van der Waals surface area (Å²) in [6.45, 7) is 6.02. The van der Waals surface area contributed by atoms with Gasteiger partial charge in [-0.2, -0.15) is 0 Å². The van der Waals surface area contributed by atoms with E-state index in [1.807, 2.05) is 36.4 Å². The van der Waals surface area contributed by atoms with Gasteiger partial charge >= 0.3 is 0 Å². The molecule has 0 atom stereocenters. The molecule has 0 spiro atoms. The average molecular weight is 380 g/mol. The lowest BCUT2D eigenvalue weighted by Crippen LogP contribution is -2.13. The van der Waals surface area contributed by atoms with E-state index in [4.69, 9.17) is 5.73 Å². The van der Waals surface area contributed by atoms with E-state index in [2.05, 4.69) is 47.8 Å². The van der Waals surface area contributed by atoms with Crippen LogP contribution in [0.15, 0.2) is 71.2 Å². The van der Waals surface area contributed by atoms with Crippen LogP contribution in [0.1, 0.15) is 36.0 Å². The van der Waals surface area contributed by atoms with E-state index in [1.54, 1.807) is 11.1 Å². The minimum absolute atomic E-state index is 0.741. The third kappa shape index (κ3) is 2.85. The number of rotatable bonds is 4. The van der Waals surface area contributed by atoms with Crippen LogP contribution < -0.4 is 10.6 Å². The Kier molecular flexibility index (Phi) is 4.24. The molecule has 2 N–H and O–H groups in total. The number of nitrogens with zero attached hydrogens (tertiary/aromatic N) is 2. The fourth-order valence-corrected chi connectivity index (χ4v) is 4.86. The van der Waals surface area contributed by atoms with Crippen LogP contribution in [0.4, 0.5) is 28.4 Å². The molecular weight excluding hydrogens is 354 g/mol. The molecule has 0 fully saturated rings. The SMILES string of the molecule is C=Nc1ccccc1N(c1cc(C)c2c(c1)C1=C(CCC1)C2)c1ccccc1N. The Hall–Kier alpha value is -3.33. The Morgan fingerprint density at radius 1 is 0.966 bits per heavy atom. The van der Waals surface area contributed by atoms with Gasteiger partial charge in [0.05, 0.1) is 22.7 Å². The molecule has 0 unspecified atom stereocenters. The summed E-state index contributed by atoms with van der Waals surface area (Å²) < 4.78 is 0. The van der Waals surface area contributed by atoms with E-state index in [9.17, 15) is 0 Å². The summed E-state index contributed by atoms with van der Waals surface area (Å²) in [6.07, 6.45) is 4.85. The first kappa shape index (κ1) is 17.7. The van der Waals surface area contributed by atoms with Gasteiger partial charge < -0.3 is 10.6 Å². The van der Waals surface area contributed by atoms with Gasteiger partial charge in [-0.25, -0.2) is 0 Å². The molecule has 0 heterocycles. The number of hydrogen-bond donors (Lipinski definition) is 1. The van der Waals surface area contributed by atoms with Crippen molar-refractivity contribution in [3.05, 3.63) is 82.9 Å². The van der Waals surface area contributed by atoms with Gasteiger partial charge in [-0.3, -0.25) is 4.99 Å². The lowest BCUT2D eigenvalue weighted by atomic mass is 9.96. The van der Waals surface area contributed by atoms with Crippen LogP contribution >= 0.6 is 0 Å². The van der Waals surface area contributed by atoms with Gasteiger partial charge in [0.2, 0.25) is 0 Å². The van der Waals surface area contributed by atoms with Crippen molar-refractivity contribution in [2.45, 2.75) is 32.6 Å². The van der Waals surface area contributed by atoms with Crippen LogP contribution in [-0.2, 0) is 6.42 Å². The molecule has 0 aromatic heterocycles. The standard InChI is InChI=1S/C26H25N3/c1-17-14-19(16-22-20-9-7-8-18(20)15-21(17)22)29(25-12-5-3-10-23(25)27)26-13-6-4-11-24(26)28-2/h3-6,10-14,16H,2,7-9,15,27H2,1H3. The van der Waals surface area contributed by atoms with Crippen molar-refractivity contribution < 1.29 is 0 Å². The highest BCUT2D eigenvalue weighted by Gasteiger charge is 2.28. The molecule has 0 aliphatic heterocycles. The Morgan fingerprint density at radius 2 is 1.72 bits per heavy atom. The molecule has 5 rings (SSSR count). The number of hydrogen-bond acceptors (Lipinski definition) is 3. The van der Waals surface area contributed by atoms with Gasteiger partial charge in [0.15, 0.2) is 0 Å². The molecule has 3 aromatic rings. The molecule has 0 saturated heterocycles. The summed E-state index contributed by atoms with van der Waals surface area (Å²) in [5.41, 5.74) is 18.5. The van der Waals surface area contributed by atoms with Gasteiger partial charge in [-0.05, 0) is 98.0 Å². The molecule has 3 nitrogen and oxygen atoms in total. The molecule has 3 heteroatoms. The molecule has 29 heavy (non-hydrogen) atoms. The van der Waals surface area contributed by atoms with Crippen molar-refractivity contribution in [2.24, 2.45) is 4.99 Å². The Balaban J connectivity index is 1.75. The zero-order valence-electron chi connectivity index (χ0n) is 16.8. The average Bonchev–Trinajstić information content (AvgIpc) is 3.33. The third-order valence-corrected chi connectivity index (χ3v) is 6.23. The van der Waals surface area contributed by atoms with Gasteiger partial charge in [-0.15, -0.1) is 0 Å². The topological polar surface area (TPSA) is 41.6 Å². The summed E-state index contributed by atoms with van der Waals surface area (Å²) in [5.74, 6) is 0. The molecule has 0 radical (unpaired) electrons. The summed E-state index contributed by atoms with van der Waals surface area (Å²) in [4.78, 5) is 6.50. The largest absolute Gasteiger partial charge is 0.397 e. The number of allylic oxidation sites excluding steroid dienone is 2. The van der Waals surface area contributed by atoms with E-state index in [-0.39, 0.29) is 0 Å². The maximum Gasteiger partial charge on any atom is 0.0862 e. The van der Waals surface area contributed by atoms with Crippen molar-refractivity contribution >= 4 is 40.7 Å². The van der Waals surface area contributed by atoms with Gasteiger partial charge in [0.1, 0.15) is 0 Å². The van der Waals surface area contributed by atoms with Crippen molar-refractivity contribution in [3.63, 3.8) is 0 Å². The number of para-hydroxylation sites is 4. The third-order valence-electron chi connectivity index (χ3n) is 6.23. The number of aryl methyl sites for hydroxylation is 1.